The number of aromatic nitrogens is 1. The summed E-state index contributed by atoms with van der Waals surface area (Å²) in [5, 5.41) is 9.49. The molecule has 0 aliphatic rings. The highest BCUT2D eigenvalue weighted by Crippen LogP contribution is 2.31. The average molecular weight is 485 g/mol. The number of benzene rings is 2. The van der Waals surface area contributed by atoms with Crippen molar-refractivity contribution in [1.29, 1.82) is 0 Å². The molecule has 0 saturated heterocycles. The molecule has 174 valence electrons. The molecule has 3 rings (SSSR count). The van der Waals surface area contributed by atoms with Crippen molar-refractivity contribution in [3.63, 3.8) is 0 Å². The average Bonchev–Trinajstić information content (AvgIpc) is 3.33. The fourth-order valence-electron chi connectivity index (χ4n) is 3.27. The number of hydrazone groups is 1. The maximum Gasteiger partial charge on any atom is 0.338 e. The monoisotopic (exact) mass is 484 g/mol. The van der Waals surface area contributed by atoms with Crippen LogP contribution >= 0.6 is 22.9 Å². The molecule has 0 spiro atoms. The largest absolute Gasteiger partial charge is 0.462 e. The van der Waals surface area contributed by atoms with E-state index in [1.807, 2.05) is 54.9 Å². The fraction of sp³-hybridized carbons (Fsp3) is 0.320. The first-order valence-electron chi connectivity index (χ1n) is 11.0. The summed E-state index contributed by atoms with van der Waals surface area (Å²) in [5.41, 5.74) is 2.87. The van der Waals surface area contributed by atoms with Crippen LogP contribution in [-0.4, -0.2) is 55.4 Å². The van der Waals surface area contributed by atoms with Crippen molar-refractivity contribution in [1.82, 2.24) is 9.88 Å². The molecule has 0 atom stereocenters. The van der Waals surface area contributed by atoms with Crippen molar-refractivity contribution in [2.75, 3.05) is 38.3 Å². The first kappa shape index (κ1) is 24.9. The van der Waals surface area contributed by atoms with Gasteiger partial charge in [0, 0.05) is 35.1 Å². The van der Waals surface area contributed by atoms with Crippen LogP contribution in [0.1, 0.15) is 36.2 Å². The standard InChI is InChI=1S/C25H29ClN4O2S/c1-4-30(5-2)15-10-16-32-24(31)20-12-7-6-11-19(20)17-27-29(3)25-28-23(18-33-25)21-13-8-9-14-22(21)26/h6-9,11-14,17-18H,4-5,10,15-16H2,1-3H3/b27-17+. The van der Waals surface area contributed by atoms with Gasteiger partial charge in [0.15, 0.2) is 0 Å². The second-order valence-electron chi connectivity index (χ2n) is 7.37. The van der Waals surface area contributed by atoms with E-state index in [2.05, 4.69) is 28.8 Å². The van der Waals surface area contributed by atoms with Crippen LogP contribution in [-0.2, 0) is 4.74 Å². The molecule has 0 amide bonds. The third-order valence-electron chi connectivity index (χ3n) is 5.22. The highest BCUT2D eigenvalue weighted by molar-refractivity contribution is 7.14. The number of ether oxygens (including phenoxy) is 1. The highest BCUT2D eigenvalue weighted by Gasteiger charge is 2.13. The number of carbonyl (C=O) groups is 1. The van der Waals surface area contributed by atoms with Crippen molar-refractivity contribution in [3.05, 3.63) is 70.1 Å². The lowest BCUT2D eigenvalue weighted by molar-refractivity contribution is 0.0489. The first-order valence-corrected chi connectivity index (χ1v) is 12.3. The van der Waals surface area contributed by atoms with Gasteiger partial charge < -0.3 is 9.64 Å². The molecule has 0 unspecified atom stereocenters. The molecule has 33 heavy (non-hydrogen) atoms. The van der Waals surface area contributed by atoms with Crippen LogP contribution in [0.4, 0.5) is 5.13 Å². The lowest BCUT2D eigenvalue weighted by Gasteiger charge is -2.17. The topological polar surface area (TPSA) is 58.0 Å². The third-order valence-corrected chi connectivity index (χ3v) is 6.45. The summed E-state index contributed by atoms with van der Waals surface area (Å²) in [4.78, 5) is 19.6. The van der Waals surface area contributed by atoms with Crippen LogP contribution in [0.2, 0.25) is 5.02 Å². The van der Waals surface area contributed by atoms with E-state index < -0.39 is 0 Å². The van der Waals surface area contributed by atoms with Crippen LogP contribution < -0.4 is 5.01 Å². The number of halogens is 1. The van der Waals surface area contributed by atoms with Crippen LogP contribution in [0.15, 0.2) is 59.0 Å². The summed E-state index contributed by atoms with van der Waals surface area (Å²) in [6.45, 7) is 7.56. The number of anilines is 1. The second kappa shape index (κ2) is 12.5. The molecule has 6 nitrogen and oxygen atoms in total. The summed E-state index contributed by atoms with van der Waals surface area (Å²) >= 11 is 7.76. The second-order valence-corrected chi connectivity index (χ2v) is 8.61. The number of thiazole rings is 1. The van der Waals surface area contributed by atoms with Gasteiger partial charge in [-0.3, -0.25) is 0 Å². The molecule has 0 N–H and O–H groups in total. The molecular weight excluding hydrogens is 456 g/mol. The Morgan fingerprint density at radius 2 is 1.88 bits per heavy atom. The van der Waals surface area contributed by atoms with E-state index in [-0.39, 0.29) is 5.97 Å². The zero-order valence-corrected chi connectivity index (χ0v) is 20.8. The Labute approximate surface area is 204 Å². The molecule has 2 aromatic carbocycles. The van der Waals surface area contributed by atoms with Gasteiger partial charge in [0.1, 0.15) is 0 Å². The zero-order valence-electron chi connectivity index (χ0n) is 19.2. The molecule has 0 saturated carbocycles. The van der Waals surface area contributed by atoms with Gasteiger partial charge in [-0.1, -0.05) is 61.8 Å². The summed E-state index contributed by atoms with van der Waals surface area (Å²) < 4.78 is 5.50. The van der Waals surface area contributed by atoms with Gasteiger partial charge in [-0.05, 0) is 31.6 Å². The lowest BCUT2D eigenvalue weighted by Crippen LogP contribution is -2.25. The Balaban J connectivity index is 1.64. The third kappa shape index (κ3) is 6.87. The van der Waals surface area contributed by atoms with Gasteiger partial charge in [0.25, 0.3) is 0 Å². The molecule has 8 heteroatoms. The number of esters is 1. The maximum absolute atomic E-state index is 12.6. The minimum Gasteiger partial charge on any atom is -0.462 e. The fourth-order valence-corrected chi connectivity index (χ4v) is 4.25. The summed E-state index contributed by atoms with van der Waals surface area (Å²) in [6, 6.07) is 14.9. The van der Waals surface area contributed by atoms with Crippen LogP contribution in [0.25, 0.3) is 11.3 Å². The molecule has 3 aromatic rings. The first-order chi connectivity index (χ1) is 16.0. The van der Waals surface area contributed by atoms with Crippen molar-refractivity contribution in [2.24, 2.45) is 5.10 Å². The van der Waals surface area contributed by atoms with E-state index in [0.717, 1.165) is 42.4 Å². The summed E-state index contributed by atoms with van der Waals surface area (Å²) in [5.74, 6) is -0.338. The van der Waals surface area contributed by atoms with E-state index in [0.29, 0.717) is 22.8 Å². The van der Waals surface area contributed by atoms with E-state index in [1.54, 1.807) is 17.3 Å². The molecular formula is C25H29ClN4O2S. The maximum atomic E-state index is 12.6. The minimum absolute atomic E-state index is 0.338. The quantitative estimate of drug-likeness (QED) is 0.148. The Kier molecular flexibility index (Phi) is 9.42. The van der Waals surface area contributed by atoms with Gasteiger partial charge in [-0.2, -0.15) is 5.10 Å². The van der Waals surface area contributed by atoms with E-state index >= 15 is 0 Å². The Morgan fingerprint density at radius 3 is 2.64 bits per heavy atom. The van der Waals surface area contributed by atoms with Crippen LogP contribution in [0.5, 0.6) is 0 Å². The molecule has 0 bridgehead atoms. The van der Waals surface area contributed by atoms with Gasteiger partial charge in [-0.15, -0.1) is 11.3 Å². The smallest absolute Gasteiger partial charge is 0.338 e. The highest BCUT2D eigenvalue weighted by atomic mass is 35.5. The lowest BCUT2D eigenvalue weighted by atomic mass is 10.1. The number of hydrogen-bond acceptors (Lipinski definition) is 7. The van der Waals surface area contributed by atoms with Gasteiger partial charge >= 0.3 is 5.97 Å². The molecule has 0 aliphatic carbocycles. The Morgan fingerprint density at radius 1 is 1.15 bits per heavy atom. The van der Waals surface area contributed by atoms with Gasteiger partial charge in [-0.25, -0.2) is 14.8 Å². The van der Waals surface area contributed by atoms with Gasteiger partial charge in [0.05, 0.1) is 24.1 Å². The normalized spacial score (nSPS) is 11.3. The minimum atomic E-state index is -0.338. The Bertz CT molecular complexity index is 1080. The molecule has 0 radical (unpaired) electrons. The number of rotatable bonds is 11. The molecule has 1 aromatic heterocycles. The number of hydrogen-bond donors (Lipinski definition) is 0. The number of nitrogens with zero attached hydrogens (tertiary/aromatic N) is 4. The van der Waals surface area contributed by atoms with Crippen molar-refractivity contribution in [3.8, 4) is 11.3 Å². The van der Waals surface area contributed by atoms with Crippen molar-refractivity contribution in [2.45, 2.75) is 20.3 Å². The molecule has 0 fully saturated rings. The van der Waals surface area contributed by atoms with Crippen molar-refractivity contribution < 1.29 is 9.53 Å². The van der Waals surface area contributed by atoms with Crippen molar-refractivity contribution >= 4 is 40.3 Å². The van der Waals surface area contributed by atoms with E-state index in [1.165, 1.54) is 11.3 Å². The predicted molar refractivity (Wildman–Crippen MR) is 138 cm³/mol. The van der Waals surface area contributed by atoms with Gasteiger partial charge in [0.2, 0.25) is 5.13 Å². The Hall–Kier alpha value is -2.74. The molecule has 1 heterocycles. The van der Waals surface area contributed by atoms with E-state index in [9.17, 15) is 4.79 Å². The predicted octanol–water partition coefficient (Wildman–Crippen LogP) is 5.82. The molecule has 0 aliphatic heterocycles. The van der Waals surface area contributed by atoms with E-state index in [4.69, 9.17) is 16.3 Å². The van der Waals surface area contributed by atoms with Crippen LogP contribution in [0.3, 0.4) is 0 Å². The summed E-state index contributed by atoms with van der Waals surface area (Å²) in [6.07, 6.45) is 2.47. The number of carbonyl (C=O) groups excluding carboxylic acids is 1. The zero-order chi connectivity index (χ0) is 23.6. The van der Waals surface area contributed by atoms with Crippen LogP contribution in [0, 0.1) is 0 Å². The SMILES string of the molecule is CCN(CC)CCCOC(=O)c1ccccc1/C=N/N(C)c1nc(-c2ccccc2Cl)cs1. The summed E-state index contributed by atoms with van der Waals surface area (Å²) in [7, 11) is 1.82.